The Morgan fingerprint density at radius 3 is 2.26 bits per heavy atom. The summed E-state index contributed by atoms with van der Waals surface area (Å²) in [5.41, 5.74) is 3.12. The van der Waals surface area contributed by atoms with Gasteiger partial charge in [-0.2, -0.15) is 0 Å². The molecule has 2 N–H and O–H groups in total. The van der Waals surface area contributed by atoms with Crippen LogP contribution in [-0.4, -0.2) is 38.2 Å². The summed E-state index contributed by atoms with van der Waals surface area (Å²) in [6, 6.07) is 15.9. The van der Waals surface area contributed by atoms with Crippen LogP contribution in [0.4, 0.5) is 11.4 Å². The minimum Gasteiger partial charge on any atom is -0.339 e. The molecule has 0 aliphatic carbocycles. The van der Waals surface area contributed by atoms with E-state index in [1.54, 1.807) is 41.3 Å². The van der Waals surface area contributed by atoms with Crippen molar-refractivity contribution < 1.29 is 18.0 Å². The molecule has 3 aromatic rings. The Bertz CT molecular complexity index is 1370. The molecule has 0 aromatic heterocycles. The van der Waals surface area contributed by atoms with Crippen LogP contribution in [-0.2, 0) is 10.0 Å². The van der Waals surface area contributed by atoms with E-state index in [0.717, 1.165) is 11.1 Å². The van der Waals surface area contributed by atoms with Gasteiger partial charge in [0.2, 0.25) is 0 Å². The number of anilines is 2. The maximum atomic E-state index is 13.1. The predicted molar refractivity (Wildman–Crippen MR) is 140 cm³/mol. The molecule has 0 heterocycles. The number of sulfonamides is 1. The third-order valence-electron chi connectivity index (χ3n) is 5.70. The number of halogens is 1. The molecule has 2 amide bonds. The Labute approximate surface area is 211 Å². The van der Waals surface area contributed by atoms with Crippen LogP contribution in [0, 0.1) is 13.8 Å². The molecule has 0 saturated carbocycles. The number of carbonyl (C=O) groups is 2. The quantitative estimate of drug-likeness (QED) is 0.416. The van der Waals surface area contributed by atoms with Crippen molar-refractivity contribution in [2.24, 2.45) is 0 Å². The van der Waals surface area contributed by atoms with Crippen molar-refractivity contribution in [2.45, 2.75) is 32.6 Å². The van der Waals surface area contributed by atoms with Crippen molar-refractivity contribution in [1.29, 1.82) is 0 Å². The molecule has 0 unspecified atom stereocenters. The van der Waals surface area contributed by atoms with Crippen LogP contribution in [0.1, 0.15) is 45.7 Å². The second kappa shape index (κ2) is 10.9. The molecule has 0 aliphatic heterocycles. The van der Waals surface area contributed by atoms with E-state index in [4.69, 9.17) is 11.6 Å². The molecule has 0 aliphatic rings. The van der Waals surface area contributed by atoms with Gasteiger partial charge in [0, 0.05) is 24.3 Å². The molecule has 0 atom stereocenters. The first-order valence-corrected chi connectivity index (χ1v) is 13.0. The topological polar surface area (TPSA) is 95.6 Å². The third-order valence-corrected chi connectivity index (χ3v) is 7.56. The fraction of sp³-hybridized carbons (Fsp3) is 0.231. The van der Waals surface area contributed by atoms with Crippen LogP contribution in [0.3, 0.4) is 0 Å². The lowest BCUT2D eigenvalue weighted by atomic mass is 10.1. The van der Waals surface area contributed by atoms with Crippen LogP contribution < -0.4 is 10.0 Å². The average Bonchev–Trinajstić information content (AvgIpc) is 2.82. The lowest BCUT2D eigenvalue weighted by Gasteiger charge is -2.20. The molecule has 184 valence electrons. The average molecular weight is 514 g/mol. The molecule has 9 heteroatoms. The van der Waals surface area contributed by atoms with Gasteiger partial charge in [0.15, 0.2) is 0 Å². The van der Waals surface area contributed by atoms with E-state index < -0.39 is 15.9 Å². The summed E-state index contributed by atoms with van der Waals surface area (Å²) in [6.07, 6.45) is 0. The molecule has 3 rings (SSSR count). The summed E-state index contributed by atoms with van der Waals surface area (Å²) in [5.74, 6) is -0.771. The van der Waals surface area contributed by atoms with E-state index in [1.807, 2.05) is 33.8 Å². The number of carbonyl (C=O) groups excluding carboxylic acids is 2. The number of nitrogens with one attached hydrogen (secondary N) is 2. The van der Waals surface area contributed by atoms with Crippen molar-refractivity contribution in [3.8, 4) is 0 Å². The van der Waals surface area contributed by atoms with Gasteiger partial charge in [-0.05, 0) is 81.3 Å². The molecular formula is C26H28ClN3O4S. The standard InChI is InChI=1S/C26H28ClN3O4S/c1-5-30(6-2)26(32)21-9-7-8-10-23(21)28-25(31)19-12-14-22(27)24(16-19)35(33,34)29-20-13-11-17(3)18(4)15-20/h7-16,29H,5-6H2,1-4H3,(H,28,31). The van der Waals surface area contributed by atoms with Gasteiger partial charge in [-0.1, -0.05) is 29.8 Å². The minimum absolute atomic E-state index is 0.0185. The molecule has 0 spiro atoms. The van der Waals surface area contributed by atoms with Crippen LogP contribution in [0.25, 0.3) is 0 Å². The zero-order chi connectivity index (χ0) is 25.8. The first-order valence-electron chi connectivity index (χ1n) is 11.2. The summed E-state index contributed by atoms with van der Waals surface area (Å²) in [4.78, 5) is 27.3. The van der Waals surface area contributed by atoms with Gasteiger partial charge in [-0.15, -0.1) is 0 Å². The molecule has 0 bridgehead atoms. The lowest BCUT2D eigenvalue weighted by Crippen LogP contribution is -2.31. The van der Waals surface area contributed by atoms with Gasteiger partial charge in [-0.25, -0.2) is 8.42 Å². The largest absolute Gasteiger partial charge is 0.339 e. The zero-order valence-electron chi connectivity index (χ0n) is 20.1. The van der Waals surface area contributed by atoms with E-state index >= 15 is 0 Å². The summed E-state index contributed by atoms with van der Waals surface area (Å²) < 4.78 is 28.6. The van der Waals surface area contributed by atoms with Gasteiger partial charge < -0.3 is 10.2 Å². The number of para-hydroxylation sites is 1. The van der Waals surface area contributed by atoms with Crippen LogP contribution in [0.2, 0.25) is 5.02 Å². The maximum absolute atomic E-state index is 13.1. The number of hydrogen-bond acceptors (Lipinski definition) is 4. The van der Waals surface area contributed by atoms with Crippen molar-refractivity contribution in [1.82, 2.24) is 4.90 Å². The molecule has 3 aromatic carbocycles. The Hall–Kier alpha value is -3.36. The molecule has 7 nitrogen and oxygen atoms in total. The number of nitrogens with zero attached hydrogens (tertiary/aromatic N) is 1. The fourth-order valence-corrected chi connectivity index (χ4v) is 5.10. The van der Waals surface area contributed by atoms with E-state index in [2.05, 4.69) is 10.0 Å². The zero-order valence-corrected chi connectivity index (χ0v) is 21.6. The summed E-state index contributed by atoms with van der Waals surface area (Å²) in [5, 5.41) is 2.71. The van der Waals surface area contributed by atoms with Crippen LogP contribution in [0.5, 0.6) is 0 Å². The second-order valence-electron chi connectivity index (χ2n) is 8.03. The summed E-state index contributed by atoms with van der Waals surface area (Å²) in [6.45, 7) is 8.63. The normalized spacial score (nSPS) is 11.1. The number of rotatable bonds is 8. The highest BCUT2D eigenvalue weighted by Crippen LogP contribution is 2.27. The highest BCUT2D eigenvalue weighted by Gasteiger charge is 2.22. The van der Waals surface area contributed by atoms with Crippen molar-refractivity contribution in [2.75, 3.05) is 23.1 Å². The van der Waals surface area contributed by atoms with Gasteiger partial charge in [-0.3, -0.25) is 14.3 Å². The second-order valence-corrected chi connectivity index (χ2v) is 10.1. The first-order chi connectivity index (χ1) is 16.6. The predicted octanol–water partition coefficient (Wildman–Crippen LogP) is 5.49. The van der Waals surface area contributed by atoms with Gasteiger partial charge in [0.25, 0.3) is 21.8 Å². The van der Waals surface area contributed by atoms with Gasteiger partial charge in [0.05, 0.1) is 16.3 Å². The highest BCUT2D eigenvalue weighted by atomic mass is 35.5. The first kappa shape index (κ1) is 26.2. The minimum atomic E-state index is -4.06. The Kier molecular flexibility index (Phi) is 8.19. The molecule has 0 radical (unpaired) electrons. The molecular weight excluding hydrogens is 486 g/mol. The van der Waals surface area contributed by atoms with E-state index in [0.29, 0.717) is 30.0 Å². The smallest absolute Gasteiger partial charge is 0.263 e. The van der Waals surface area contributed by atoms with E-state index in [1.165, 1.54) is 18.2 Å². The highest BCUT2D eigenvalue weighted by molar-refractivity contribution is 7.92. The van der Waals surface area contributed by atoms with Crippen molar-refractivity contribution in [3.05, 3.63) is 87.9 Å². The van der Waals surface area contributed by atoms with Gasteiger partial charge >= 0.3 is 0 Å². The monoisotopic (exact) mass is 513 g/mol. The third kappa shape index (κ3) is 6.01. The summed E-state index contributed by atoms with van der Waals surface area (Å²) >= 11 is 6.20. The van der Waals surface area contributed by atoms with Crippen molar-refractivity contribution >= 4 is 44.8 Å². The molecule has 35 heavy (non-hydrogen) atoms. The van der Waals surface area contributed by atoms with Crippen LogP contribution >= 0.6 is 11.6 Å². The van der Waals surface area contributed by atoms with Crippen molar-refractivity contribution in [3.63, 3.8) is 0 Å². The lowest BCUT2D eigenvalue weighted by molar-refractivity contribution is 0.0774. The molecule has 0 saturated heterocycles. The van der Waals surface area contributed by atoms with E-state index in [9.17, 15) is 18.0 Å². The number of benzene rings is 3. The van der Waals surface area contributed by atoms with E-state index in [-0.39, 0.29) is 21.4 Å². The Morgan fingerprint density at radius 2 is 1.60 bits per heavy atom. The van der Waals surface area contributed by atoms with Gasteiger partial charge in [0.1, 0.15) is 4.90 Å². The molecule has 0 fully saturated rings. The Balaban J connectivity index is 1.90. The fourth-order valence-electron chi connectivity index (χ4n) is 3.52. The van der Waals surface area contributed by atoms with Crippen LogP contribution in [0.15, 0.2) is 65.6 Å². The Morgan fingerprint density at radius 1 is 0.914 bits per heavy atom. The number of aryl methyl sites for hydroxylation is 2. The number of amides is 2. The summed E-state index contributed by atoms with van der Waals surface area (Å²) in [7, 11) is -4.06. The SMILES string of the molecule is CCN(CC)C(=O)c1ccccc1NC(=O)c1ccc(Cl)c(S(=O)(=O)Nc2ccc(C)c(C)c2)c1. The number of hydrogen-bond donors (Lipinski definition) is 2. The maximum Gasteiger partial charge on any atom is 0.263 e.